The monoisotopic (exact) mass is 305 g/mol. The van der Waals surface area contributed by atoms with Crippen molar-refractivity contribution in [2.45, 2.75) is 6.54 Å². The van der Waals surface area contributed by atoms with Gasteiger partial charge in [-0.05, 0) is 29.8 Å². The van der Waals surface area contributed by atoms with Gasteiger partial charge in [0.2, 0.25) is 0 Å². The Labute approximate surface area is 128 Å². The van der Waals surface area contributed by atoms with Crippen molar-refractivity contribution < 1.29 is 14.3 Å². The molecule has 4 nitrogen and oxygen atoms in total. The number of esters is 1. The molecule has 0 spiro atoms. The summed E-state index contributed by atoms with van der Waals surface area (Å²) < 4.78 is 9.83. The third-order valence-corrected chi connectivity index (χ3v) is 3.36. The summed E-state index contributed by atoms with van der Waals surface area (Å²) in [4.78, 5) is 11.4. The number of nitrogens with one attached hydrogen (secondary N) is 1. The lowest BCUT2D eigenvalue weighted by Crippen LogP contribution is -2.03. The lowest BCUT2D eigenvalue weighted by atomic mass is 10.1. The van der Waals surface area contributed by atoms with Gasteiger partial charge in [0.05, 0.1) is 30.5 Å². The van der Waals surface area contributed by atoms with E-state index in [-0.39, 0.29) is 5.97 Å². The molecule has 0 aliphatic rings. The first-order chi connectivity index (χ1) is 10.1. The van der Waals surface area contributed by atoms with E-state index >= 15 is 0 Å². The number of benzene rings is 2. The smallest absolute Gasteiger partial charge is 0.337 e. The van der Waals surface area contributed by atoms with E-state index in [1.807, 2.05) is 18.2 Å². The maximum absolute atomic E-state index is 11.4. The maximum atomic E-state index is 11.4. The van der Waals surface area contributed by atoms with Crippen LogP contribution in [0.25, 0.3) is 0 Å². The number of hydrogen-bond donors (Lipinski definition) is 1. The molecule has 0 aliphatic heterocycles. The third-order valence-electron chi connectivity index (χ3n) is 3.03. The number of hydrogen-bond acceptors (Lipinski definition) is 4. The normalized spacial score (nSPS) is 10.0. The second kappa shape index (κ2) is 6.99. The Morgan fingerprint density at radius 2 is 1.86 bits per heavy atom. The predicted molar refractivity (Wildman–Crippen MR) is 83.1 cm³/mol. The van der Waals surface area contributed by atoms with Gasteiger partial charge in [0, 0.05) is 12.6 Å². The number of halogens is 1. The quantitative estimate of drug-likeness (QED) is 0.855. The van der Waals surface area contributed by atoms with Crippen molar-refractivity contribution in [1.29, 1.82) is 0 Å². The summed E-state index contributed by atoms with van der Waals surface area (Å²) in [6.07, 6.45) is 0. The second-order valence-corrected chi connectivity index (χ2v) is 4.80. The van der Waals surface area contributed by atoms with Crippen LogP contribution in [0.2, 0.25) is 5.02 Å². The van der Waals surface area contributed by atoms with Crippen LogP contribution in [0.4, 0.5) is 5.69 Å². The molecule has 2 rings (SSSR count). The van der Waals surface area contributed by atoms with Gasteiger partial charge >= 0.3 is 5.97 Å². The molecule has 21 heavy (non-hydrogen) atoms. The largest absolute Gasteiger partial charge is 0.497 e. The summed E-state index contributed by atoms with van der Waals surface area (Å²) in [5.74, 6) is 0.397. The van der Waals surface area contributed by atoms with Gasteiger partial charge in [0.15, 0.2) is 0 Å². The van der Waals surface area contributed by atoms with E-state index in [9.17, 15) is 4.79 Å². The number of ether oxygens (including phenoxy) is 2. The lowest BCUT2D eigenvalue weighted by molar-refractivity contribution is 0.0600. The van der Waals surface area contributed by atoms with Gasteiger partial charge in [-0.3, -0.25) is 0 Å². The molecule has 2 aromatic carbocycles. The van der Waals surface area contributed by atoms with Crippen molar-refractivity contribution in [1.82, 2.24) is 0 Å². The number of anilines is 1. The van der Waals surface area contributed by atoms with Crippen molar-refractivity contribution in [3.63, 3.8) is 0 Å². The standard InChI is InChI=1S/C16H16ClNO3/c1-20-13-7-8-14(17)15(9-13)18-10-11-3-5-12(6-4-11)16(19)21-2/h3-9,18H,10H2,1-2H3. The molecule has 0 atom stereocenters. The van der Waals surface area contributed by atoms with Crippen LogP contribution >= 0.6 is 11.6 Å². The van der Waals surface area contributed by atoms with Crippen molar-refractivity contribution in [2.75, 3.05) is 19.5 Å². The Kier molecular flexibility index (Phi) is 5.06. The molecule has 0 unspecified atom stereocenters. The summed E-state index contributed by atoms with van der Waals surface area (Å²) in [6, 6.07) is 12.6. The number of rotatable bonds is 5. The minimum atomic E-state index is -0.342. The molecule has 110 valence electrons. The van der Waals surface area contributed by atoms with Crippen LogP contribution in [0, 0.1) is 0 Å². The zero-order valence-electron chi connectivity index (χ0n) is 11.9. The molecule has 0 saturated carbocycles. The third kappa shape index (κ3) is 3.89. The SMILES string of the molecule is COC(=O)c1ccc(CNc2cc(OC)ccc2Cl)cc1. The minimum Gasteiger partial charge on any atom is -0.497 e. The first-order valence-corrected chi connectivity index (χ1v) is 6.76. The van der Waals surface area contributed by atoms with Crippen LogP contribution in [0.1, 0.15) is 15.9 Å². The first-order valence-electron chi connectivity index (χ1n) is 6.38. The van der Waals surface area contributed by atoms with Gasteiger partial charge < -0.3 is 14.8 Å². The molecule has 0 heterocycles. The van der Waals surface area contributed by atoms with Gasteiger partial charge in [-0.25, -0.2) is 4.79 Å². The fourth-order valence-corrected chi connectivity index (χ4v) is 2.03. The van der Waals surface area contributed by atoms with Crippen LogP contribution in [-0.4, -0.2) is 20.2 Å². The lowest BCUT2D eigenvalue weighted by Gasteiger charge is -2.10. The Bertz CT molecular complexity index is 626. The molecule has 0 fully saturated rings. The van der Waals surface area contributed by atoms with Crippen LogP contribution in [0.15, 0.2) is 42.5 Å². The van der Waals surface area contributed by atoms with E-state index in [4.69, 9.17) is 16.3 Å². The summed E-state index contributed by atoms with van der Waals surface area (Å²) >= 11 is 6.13. The molecule has 5 heteroatoms. The van der Waals surface area contributed by atoms with Crippen LogP contribution < -0.4 is 10.1 Å². The fourth-order valence-electron chi connectivity index (χ4n) is 1.84. The molecule has 0 amide bonds. The van der Waals surface area contributed by atoms with E-state index < -0.39 is 0 Å². The summed E-state index contributed by atoms with van der Waals surface area (Å²) in [5.41, 5.74) is 2.36. The topological polar surface area (TPSA) is 47.6 Å². The predicted octanol–water partition coefficient (Wildman–Crippen LogP) is 3.75. The highest BCUT2D eigenvalue weighted by molar-refractivity contribution is 6.33. The van der Waals surface area contributed by atoms with Crippen LogP contribution in [0.5, 0.6) is 5.75 Å². The van der Waals surface area contributed by atoms with E-state index in [0.717, 1.165) is 17.0 Å². The molecule has 2 aromatic rings. The Hall–Kier alpha value is -2.20. The molecule has 1 N–H and O–H groups in total. The summed E-state index contributed by atoms with van der Waals surface area (Å²) in [7, 11) is 2.97. The van der Waals surface area contributed by atoms with E-state index in [1.165, 1.54) is 7.11 Å². The van der Waals surface area contributed by atoms with Crippen LogP contribution in [0.3, 0.4) is 0 Å². The van der Waals surface area contributed by atoms with Crippen molar-refractivity contribution in [3.05, 3.63) is 58.6 Å². The average molecular weight is 306 g/mol. The zero-order valence-corrected chi connectivity index (χ0v) is 12.6. The second-order valence-electron chi connectivity index (χ2n) is 4.39. The van der Waals surface area contributed by atoms with Gasteiger partial charge in [-0.15, -0.1) is 0 Å². The molecule has 0 aromatic heterocycles. The fraction of sp³-hybridized carbons (Fsp3) is 0.188. The molecular weight excluding hydrogens is 290 g/mol. The Balaban J connectivity index is 2.04. The summed E-state index contributed by atoms with van der Waals surface area (Å²) in [6.45, 7) is 0.592. The van der Waals surface area contributed by atoms with Crippen molar-refractivity contribution in [3.8, 4) is 5.75 Å². The number of carbonyl (C=O) groups excluding carboxylic acids is 1. The molecule has 0 aliphatic carbocycles. The highest BCUT2D eigenvalue weighted by Crippen LogP contribution is 2.27. The van der Waals surface area contributed by atoms with Crippen LogP contribution in [-0.2, 0) is 11.3 Å². The van der Waals surface area contributed by atoms with Crippen molar-refractivity contribution in [2.24, 2.45) is 0 Å². The average Bonchev–Trinajstić information content (AvgIpc) is 2.54. The van der Waals surface area contributed by atoms with Gasteiger partial charge in [-0.1, -0.05) is 23.7 Å². The molecule has 0 radical (unpaired) electrons. The van der Waals surface area contributed by atoms with E-state index in [0.29, 0.717) is 17.1 Å². The van der Waals surface area contributed by atoms with E-state index in [1.54, 1.807) is 31.4 Å². The molecule has 0 bridgehead atoms. The molecular formula is C16H16ClNO3. The zero-order chi connectivity index (χ0) is 15.2. The number of carbonyl (C=O) groups is 1. The Morgan fingerprint density at radius 1 is 1.14 bits per heavy atom. The maximum Gasteiger partial charge on any atom is 0.337 e. The highest BCUT2D eigenvalue weighted by Gasteiger charge is 2.05. The van der Waals surface area contributed by atoms with Gasteiger partial charge in [0.1, 0.15) is 5.75 Å². The molecule has 0 saturated heterocycles. The minimum absolute atomic E-state index is 0.342. The van der Waals surface area contributed by atoms with E-state index in [2.05, 4.69) is 10.1 Å². The summed E-state index contributed by atoms with van der Waals surface area (Å²) in [5, 5.41) is 3.87. The Morgan fingerprint density at radius 3 is 2.48 bits per heavy atom. The van der Waals surface area contributed by atoms with Gasteiger partial charge in [0.25, 0.3) is 0 Å². The first kappa shape index (κ1) is 15.2. The van der Waals surface area contributed by atoms with Gasteiger partial charge in [-0.2, -0.15) is 0 Å². The number of methoxy groups -OCH3 is 2. The van der Waals surface area contributed by atoms with Crippen molar-refractivity contribution >= 4 is 23.3 Å². The highest BCUT2D eigenvalue weighted by atomic mass is 35.5.